The lowest BCUT2D eigenvalue weighted by molar-refractivity contribution is -0.148. The maximum Gasteiger partial charge on any atom is 0.247 e. The number of aliphatic hydroxyl groups excluding tert-OH is 1. The number of carbonyl (C=O) groups is 1. The van der Waals surface area contributed by atoms with Gasteiger partial charge < -0.3 is 15.6 Å². The van der Waals surface area contributed by atoms with E-state index < -0.39 is 12.0 Å². The molecule has 0 aromatic heterocycles. The molecule has 1 aliphatic carbocycles. The van der Waals surface area contributed by atoms with Crippen LogP contribution >= 0.6 is 0 Å². The zero-order chi connectivity index (χ0) is 12.4. The first-order valence-corrected chi connectivity index (χ1v) is 6.45. The molecule has 2 aliphatic rings. The van der Waals surface area contributed by atoms with Crippen LogP contribution in [-0.2, 0) is 9.53 Å². The molecule has 1 amide bonds. The highest BCUT2D eigenvalue weighted by molar-refractivity contribution is 5.79. The van der Waals surface area contributed by atoms with Gasteiger partial charge in [0.25, 0.3) is 0 Å². The molecule has 3 N–H and O–H groups in total. The van der Waals surface area contributed by atoms with E-state index in [1.165, 1.54) is 0 Å². The number of rotatable bonds is 2. The van der Waals surface area contributed by atoms with Crippen LogP contribution in [0.5, 0.6) is 0 Å². The lowest BCUT2D eigenvalue weighted by Gasteiger charge is -2.43. The lowest BCUT2D eigenvalue weighted by Crippen LogP contribution is -2.57. The van der Waals surface area contributed by atoms with Crippen LogP contribution in [0.25, 0.3) is 0 Å². The Labute approximate surface area is 102 Å². The molecule has 4 atom stereocenters. The lowest BCUT2D eigenvalue weighted by atomic mass is 9.90. The first kappa shape index (κ1) is 12.8. The Morgan fingerprint density at radius 1 is 1.35 bits per heavy atom. The van der Waals surface area contributed by atoms with E-state index in [-0.39, 0.29) is 18.2 Å². The van der Waals surface area contributed by atoms with Gasteiger partial charge in [-0.05, 0) is 19.8 Å². The SMILES string of the molecule is C[C@@H]1CN(C2CCCCC2O)CC(C(N)=O)O1. The highest BCUT2D eigenvalue weighted by Gasteiger charge is 2.36. The van der Waals surface area contributed by atoms with Crippen molar-refractivity contribution in [1.29, 1.82) is 0 Å². The summed E-state index contributed by atoms with van der Waals surface area (Å²) in [7, 11) is 0. The van der Waals surface area contributed by atoms with Crippen molar-refractivity contribution in [3.63, 3.8) is 0 Å². The number of amides is 1. The number of carbonyl (C=O) groups excluding carboxylic acids is 1. The summed E-state index contributed by atoms with van der Waals surface area (Å²) in [5.41, 5.74) is 5.30. The Balaban J connectivity index is 2.01. The van der Waals surface area contributed by atoms with Crippen LogP contribution in [0.2, 0.25) is 0 Å². The number of primary amides is 1. The molecule has 1 saturated carbocycles. The van der Waals surface area contributed by atoms with Crippen LogP contribution in [-0.4, -0.2) is 53.4 Å². The molecule has 0 bridgehead atoms. The van der Waals surface area contributed by atoms with E-state index in [1.54, 1.807) is 0 Å². The monoisotopic (exact) mass is 242 g/mol. The van der Waals surface area contributed by atoms with Gasteiger partial charge in [0.2, 0.25) is 5.91 Å². The maximum atomic E-state index is 11.2. The van der Waals surface area contributed by atoms with Crippen LogP contribution in [0.4, 0.5) is 0 Å². The van der Waals surface area contributed by atoms with Crippen LogP contribution in [0.15, 0.2) is 0 Å². The Bertz CT molecular complexity index is 285. The number of hydrogen-bond acceptors (Lipinski definition) is 4. The van der Waals surface area contributed by atoms with Gasteiger partial charge in [-0.25, -0.2) is 0 Å². The molecule has 98 valence electrons. The first-order valence-electron chi connectivity index (χ1n) is 6.45. The zero-order valence-corrected chi connectivity index (χ0v) is 10.3. The third kappa shape index (κ3) is 2.97. The topological polar surface area (TPSA) is 75.8 Å². The average Bonchev–Trinajstić information content (AvgIpc) is 2.28. The fourth-order valence-electron chi connectivity index (χ4n) is 2.93. The Kier molecular flexibility index (Phi) is 4.01. The van der Waals surface area contributed by atoms with Gasteiger partial charge in [-0.15, -0.1) is 0 Å². The highest BCUT2D eigenvalue weighted by Crippen LogP contribution is 2.25. The number of nitrogens with zero attached hydrogens (tertiary/aromatic N) is 1. The number of ether oxygens (including phenoxy) is 1. The third-order valence-electron chi connectivity index (χ3n) is 3.77. The molecule has 0 spiro atoms. The van der Waals surface area contributed by atoms with Crippen LogP contribution in [0.1, 0.15) is 32.6 Å². The fraction of sp³-hybridized carbons (Fsp3) is 0.917. The normalized spacial score (nSPS) is 40.1. The molecule has 0 radical (unpaired) electrons. The molecule has 0 aromatic carbocycles. The second-order valence-electron chi connectivity index (χ2n) is 5.21. The predicted molar refractivity (Wildman–Crippen MR) is 63.4 cm³/mol. The largest absolute Gasteiger partial charge is 0.391 e. The van der Waals surface area contributed by atoms with E-state index in [4.69, 9.17) is 10.5 Å². The number of morpholine rings is 1. The van der Waals surface area contributed by atoms with Crippen molar-refractivity contribution in [3.05, 3.63) is 0 Å². The molecule has 2 rings (SSSR count). The van der Waals surface area contributed by atoms with Crippen LogP contribution in [0, 0.1) is 0 Å². The maximum absolute atomic E-state index is 11.2. The van der Waals surface area contributed by atoms with Crippen molar-refractivity contribution in [2.45, 2.75) is 57.0 Å². The average molecular weight is 242 g/mol. The summed E-state index contributed by atoms with van der Waals surface area (Å²) in [5.74, 6) is -0.410. The van der Waals surface area contributed by atoms with E-state index >= 15 is 0 Å². The Morgan fingerprint density at radius 3 is 2.71 bits per heavy atom. The van der Waals surface area contributed by atoms with Crippen molar-refractivity contribution < 1.29 is 14.6 Å². The van der Waals surface area contributed by atoms with Gasteiger partial charge in [0.15, 0.2) is 0 Å². The molecule has 1 saturated heterocycles. The summed E-state index contributed by atoms with van der Waals surface area (Å²) < 4.78 is 5.51. The Hall–Kier alpha value is -0.650. The minimum atomic E-state index is -0.534. The minimum Gasteiger partial charge on any atom is -0.391 e. The summed E-state index contributed by atoms with van der Waals surface area (Å²) in [6.07, 6.45) is 3.29. The number of hydrogen-bond donors (Lipinski definition) is 2. The third-order valence-corrected chi connectivity index (χ3v) is 3.77. The van der Waals surface area contributed by atoms with Gasteiger partial charge in [-0.3, -0.25) is 9.69 Å². The van der Waals surface area contributed by atoms with E-state index in [9.17, 15) is 9.90 Å². The predicted octanol–water partition coefficient (Wildman–Crippen LogP) is -0.135. The van der Waals surface area contributed by atoms with Gasteiger partial charge in [0, 0.05) is 19.1 Å². The molecule has 17 heavy (non-hydrogen) atoms. The molecule has 2 fully saturated rings. The molecule has 1 aliphatic heterocycles. The first-order chi connectivity index (χ1) is 8.08. The van der Waals surface area contributed by atoms with Gasteiger partial charge in [0.05, 0.1) is 12.2 Å². The van der Waals surface area contributed by atoms with Gasteiger partial charge in [-0.2, -0.15) is 0 Å². The summed E-state index contributed by atoms with van der Waals surface area (Å²) >= 11 is 0. The molecular weight excluding hydrogens is 220 g/mol. The van der Waals surface area contributed by atoms with Crippen molar-refractivity contribution in [2.75, 3.05) is 13.1 Å². The summed E-state index contributed by atoms with van der Waals surface area (Å²) in [4.78, 5) is 13.4. The number of nitrogens with two attached hydrogens (primary N) is 1. The van der Waals surface area contributed by atoms with Crippen LogP contribution in [0.3, 0.4) is 0 Å². The summed E-state index contributed by atoms with van der Waals surface area (Å²) in [5, 5.41) is 10.0. The van der Waals surface area contributed by atoms with E-state index in [2.05, 4.69) is 4.90 Å². The minimum absolute atomic E-state index is 0.00428. The van der Waals surface area contributed by atoms with Crippen molar-refractivity contribution in [3.8, 4) is 0 Å². The zero-order valence-electron chi connectivity index (χ0n) is 10.3. The smallest absolute Gasteiger partial charge is 0.247 e. The number of aliphatic hydroxyl groups is 1. The molecule has 3 unspecified atom stereocenters. The van der Waals surface area contributed by atoms with Gasteiger partial charge in [0.1, 0.15) is 6.10 Å². The molecule has 1 heterocycles. The Morgan fingerprint density at radius 2 is 2.06 bits per heavy atom. The van der Waals surface area contributed by atoms with Crippen LogP contribution < -0.4 is 5.73 Å². The molecular formula is C12H22N2O3. The van der Waals surface area contributed by atoms with Crippen molar-refractivity contribution in [2.24, 2.45) is 5.73 Å². The summed E-state index contributed by atoms with van der Waals surface area (Å²) in [6.45, 7) is 3.23. The van der Waals surface area contributed by atoms with Gasteiger partial charge >= 0.3 is 0 Å². The summed E-state index contributed by atoms with van der Waals surface area (Å²) in [6, 6.07) is 0.164. The second kappa shape index (κ2) is 5.33. The molecule has 5 nitrogen and oxygen atoms in total. The van der Waals surface area contributed by atoms with E-state index in [0.717, 1.165) is 32.2 Å². The molecule has 5 heteroatoms. The van der Waals surface area contributed by atoms with Crippen molar-refractivity contribution in [1.82, 2.24) is 4.90 Å². The standard InChI is InChI=1S/C12H22N2O3/c1-8-6-14(7-11(17-8)12(13)16)9-4-2-3-5-10(9)15/h8-11,15H,2-7H2,1H3,(H2,13,16)/t8-,9?,10?,11?/m1/s1. The van der Waals surface area contributed by atoms with Gasteiger partial charge in [-0.1, -0.05) is 12.8 Å². The quantitative estimate of drug-likeness (QED) is 0.707. The fourth-order valence-corrected chi connectivity index (χ4v) is 2.93. The highest BCUT2D eigenvalue weighted by atomic mass is 16.5. The second-order valence-corrected chi connectivity index (χ2v) is 5.21. The van der Waals surface area contributed by atoms with E-state index in [1.807, 2.05) is 6.92 Å². The molecule has 0 aromatic rings. The van der Waals surface area contributed by atoms with E-state index in [0.29, 0.717) is 6.54 Å². The van der Waals surface area contributed by atoms with Crippen molar-refractivity contribution >= 4 is 5.91 Å².